The summed E-state index contributed by atoms with van der Waals surface area (Å²) in [5.41, 5.74) is 0. The molecule has 97 heavy (non-hydrogen) atoms. The van der Waals surface area contributed by atoms with E-state index in [0.29, 0.717) is 25.7 Å². The molecule has 0 aromatic carbocycles. The van der Waals surface area contributed by atoms with Crippen molar-refractivity contribution in [1.29, 1.82) is 0 Å². The van der Waals surface area contributed by atoms with Crippen LogP contribution < -0.4 is 0 Å². The number of ether oxygens (including phenoxy) is 4. The molecule has 0 radical (unpaired) electrons. The Hall–Kier alpha value is -1.94. The second-order valence-corrected chi connectivity index (χ2v) is 32.2. The fraction of sp³-hybridized carbons (Fsp3) is 0.949. The number of carbonyl (C=O) groups excluding carboxylic acids is 4. The number of carbonyl (C=O) groups is 4. The molecule has 3 unspecified atom stereocenters. The molecule has 0 aromatic heterocycles. The highest BCUT2D eigenvalue weighted by Crippen LogP contribution is 2.45. The van der Waals surface area contributed by atoms with Crippen molar-refractivity contribution in [3.8, 4) is 0 Å². The van der Waals surface area contributed by atoms with Crippen LogP contribution >= 0.6 is 15.6 Å². The van der Waals surface area contributed by atoms with Gasteiger partial charge in [-0.15, -0.1) is 0 Å². The zero-order chi connectivity index (χ0) is 71.6. The van der Waals surface area contributed by atoms with Crippen LogP contribution in [0.1, 0.15) is 402 Å². The average molecular weight is 1420 g/mol. The van der Waals surface area contributed by atoms with Gasteiger partial charge in [0.2, 0.25) is 0 Å². The van der Waals surface area contributed by atoms with E-state index in [0.717, 1.165) is 108 Å². The van der Waals surface area contributed by atoms with Crippen LogP contribution in [0.25, 0.3) is 0 Å². The summed E-state index contributed by atoms with van der Waals surface area (Å²) < 4.78 is 68.6. The maximum Gasteiger partial charge on any atom is 0.472 e. The van der Waals surface area contributed by atoms with Gasteiger partial charge < -0.3 is 33.8 Å². The highest BCUT2D eigenvalue weighted by molar-refractivity contribution is 7.47. The zero-order valence-electron chi connectivity index (χ0n) is 63.5. The minimum atomic E-state index is -4.96. The quantitative estimate of drug-likeness (QED) is 0.0222. The van der Waals surface area contributed by atoms with E-state index in [2.05, 4.69) is 48.5 Å². The SMILES string of the molecule is CCCCCCCCCCCCCCC(=O)OC[C@H](COP(=O)(O)OC[C@H](O)COP(=O)(O)OC[C@@H](COC(=O)CCCCCCCCCCCCCC(C)C)OC(=O)CCCCCCCCCCCCCCCCC(C)CC)OC(=O)CCCCCCCCCCCCC(C)C. The summed E-state index contributed by atoms with van der Waals surface area (Å²) in [6.45, 7) is 12.0. The summed E-state index contributed by atoms with van der Waals surface area (Å²) in [4.78, 5) is 72.9. The molecule has 0 aromatic rings. The van der Waals surface area contributed by atoms with Gasteiger partial charge in [-0.2, -0.15) is 0 Å². The van der Waals surface area contributed by atoms with Gasteiger partial charge in [0.1, 0.15) is 19.3 Å². The highest BCUT2D eigenvalue weighted by atomic mass is 31.2. The van der Waals surface area contributed by atoms with Gasteiger partial charge in [-0.3, -0.25) is 37.3 Å². The molecular weight excluding hydrogens is 1270 g/mol. The summed E-state index contributed by atoms with van der Waals surface area (Å²) >= 11 is 0. The number of hydrogen-bond donors (Lipinski definition) is 3. The minimum Gasteiger partial charge on any atom is -0.462 e. The van der Waals surface area contributed by atoms with Gasteiger partial charge in [0.25, 0.3) is 0 Å². The average Bonchev–Trinajstić information content (AvgIpc) is 1.27. The smallest absolute Gasteiger partial charge is 0.462 e. The van der Waals surface area contributed by atoms with Gasteiger partial charge in [-0.05, 0) is 43.4 Å². The van der Waals surface area contributed by atoms with E-state index in [1.807, 2.05) is 0 Å². The van der Waals surface area contributed by atoms with E-state index in [-0.39, 0.29) is 25.7 Å². The normalized spacial score (nSPS) is 14.3. The lowest BCUT2D eigenvalue weighted by molar-refractivity contribution is -0.161. The molecule has 17 nitrogen and oxygen atoms in total. The molecule has 576 valence electrons. The van der Waals surface area contributed by atoms with Crippen molar-refractivity contribution in [2.24, 2.45) is 17.8 Å². The number of phosphoric ester groups is 2. The summed E-state index contributed by atoms with van der Waals surface area (Å²) in [5, 5.41) is 10.6. The van der Waals surface area contributed by atoms with Crippen LogP contribution in [0.4, 0.5) is 0 Å². The predicted octanol–water partition coefficient (Wildman–Crippen LogP) is 23.0. The second kappa shape index (κ2) is 68.5. The molecule has 19 heteroatoms. The van der Waals surface area contributed by atoms with Crippen molar-refractivity contribution >= 4 is 39.5 Å². The van der Waals surface area contributed by atoms with Gasteiger partial charge >= 0.3 is 39.5 Å². The van der Waals surface area contributed by atoms with E-state index in [9.17, 15) is 43.2 Å². The van der Waals surface area contributed by atoms with Gasteiger partial charge in [0.05, 0.1) is 26.4 Å². The first-order chi connectivity index (χ1) is 46.8. The molecule has 0 bridgehead atoms. The van der Waals surface area contributed by atoms with Gasteiger partial charge in [0.15, 0.2) is 12.2 Å². The van der Waals surface area contributed by atoms with Crippen LogP contribution in [0.3, 0.4) is 0 Å². The summed E-state index contributed by atoms with van der Waals surface area (Å²) in [6, 6.07) is 0. The third-order valence-corrected chi connectivity index (χ3v) is 20.4. The molecule has 0 rings (SSSR count). The number of phosphoric acid groups is 2. The number of rotatable bonds is 76. The molecule has 0 saturated carbocycles. The van der Waals surface area contributed by atoms with Crippen molar-refractivity contribution in [1.82, 2.24) is 0 Å². The van der Waals surface area contributed by atoms with E-state index >= 15 is 0 Å². The first-order valence-electron chi connectivity index (χ1n) is 40.4. The lowest BCUT2D eigenvalue weighted by Crippen LogP contribution is -2.30. The van der Waals surface area contributed by atoms with Crippen molar-refractivity contribution in [2.45, 2.75) is 420 Å². The number of unbranched alkanes of at least 4 members (excludes halogenated alkanes) is 43. The Bertz CT molecular complexity index is 1890. The highest BCUT2D eigenvalue weighted by Gasteiger charge is 2.30. The molecule has 3 N–H and O–H groups in total. The molecule has 0 aliphatic carbocycles. The topological polar surface area (TPSA) is 237 Å². The van der Waals surface area contributed by atoms with E-state index < -0.39 is 97.5 Å². The Kier molecular flexibility index (Phi) is 67.1. The van der Waals surface area contributed by atoms with Crippen LogP contribution in [-0.4, -0.2) is 96.7 Å². The van der Waals surface area contributed by atoms with Crippen molar-refractivity contribution in [3.05, 3.63) is 0 Å². The van der Waals surface area contributed by atoms with Gasteiger partial charge in [-0.25, -0.2) is 9.13 Å². The lowest BCUT2D eigenvalue weighted by Gasteiger charge is -2.21. The van der Waals surface area contributed by atoms with E-state index in [1.54, 1.807) is 0 Å². The number of hydrogen-bond acceptors (Lipinski definition) is 15. The predicted molar refractivity (Wildman–Crippen MR) is 395 cm³/mol. The number of esters is 4. The molecule has 0 saturated heterocycles. The minimum absolute atomic E-state index is 0.106. The molecule has 0 fully saturated rings. The third kappa shape index (κ3) is 70.9. The molecule has 0 spiro atoms. The fourth-order valence-electron chi connectivity index (χ4n) is 11.9. The fourth-order valence-corrected chi connectivity index (χ4v) is 13.5. The second-order valence-electron chi connectivity index (χ2n) is 29.3. The third-order valence-electron chi connectivity index (χ3n) is 18.5. The van der Waals surface area contributed by atoms with Crippen molar-refractivity contribution < 1.29 is 80.2 Å². The summed E-state index contributed by atoms with van der Waals surface area (Å²) in [6.07, 6.45) is 55.3. The first-order valence-corrected chi connectivity index (χ1v) is 43.4. The van der Waals surface area contributed by atoms with Crippen LogP contribution in [0.2, 0.25) is 0 Å². The zero-order valence-corrected chi connectivity index (χ0v) is 65.3. The van der Waals surface area contributed by atoms with Crippen LogP contribution in [0.15, 0.2) is 0 Å². The Labute approximate surface area is 594 Å². The Balaban J connectivity index is 5.26. The Morgan fingerprint density at radius 2 is 0.526 bits per heavy atom. The van der Waals surface area contributed by atoms with E-state index in [1.165, 1.54) is 212 Å². The van der Waals surface area contributed by atoms with Crippen LogP contribution in [0, 0.1) is 17.8 Å². The molecule has 0 aliphatic rings. The Morgan fingerprint density at radius 3 is 0.784 bits per heavy atom. The largest absolute Gasteiger partial charge is 0.472 e. The summed E-state index contributed by atoms with van der Waals surface area (Å²) in [5.74, 6) is 0.256. The summed E-state index contributed by atoms with van der Waals surface area (Å²) in [7, 11) is -9.92. The molecule has 0 amide bonds. The van der Waals surface area contributed by atoms with Crippen LogP contribution in [-0.2, 0) is 65.4 Å². The van der Waals surface area contributed by atoms with Crippen molar-refractivity contribution in [3.63, 3.8) is 0 Å². The number of aliphatic hydroxyl groups is 1. The lowest BCUT2D eigenvalue weighted by atomic mass is 9.99. The maximum atomic E-state index is 13.1. The van der Waals surface area contributed by atoms with Gasteiger partial charge in [0, 0.05) is 25.7 Å². The molecule has 0 aliphatic heterocycles. The molecular formula is C78H152O17P2. The van der Waals surface area contributed by atoms with E-state index in [4.69, 9.17) is 37.0 Å². The standard InChI is InChI=1S/C78H152O17P2/c1-8-10-11-12-13-14-15-23-31-38-45-52-59-75(80)88-66-74(95-78(83)62-55-48-41-34-27-26-29-36-43-50-57-70(5)6)68-93-97(86,87)91-64-72(79)63-90-96(84,85)92-67-73(65-89-76(81)60-53-46-39-32-25-20-21-28-35-42-49-56-69(3)4)94-77(82)61-54-47-40-33-24-19-17-16-18-22-30-37-44-51-58-71(7)9-2/h69-74,79H,8-68H2,1-7H3,(H,84,85)(H,86,87)/t71?,72-,73-,74-/m1/s1. The monoisotopic (exact) mass is 1420 g/mol. The number of aliphatic hydroxyl groups excluding tert-OH is 1. The maximum absolute atomic E-state index is 13.1. The Morgan fingerprint density at radius 1 is 0.299 bits per heavy atom. The van der Waals surface area contributed by atoms with Crippen LogP contribution in [0.5, 0.6) is 0 Å². The molecule has 6 atom stereocenters. The first kappa shape index (κ1) is 95.1. The van der Waals surface area contributed by atoms with Gasteiger partial charge in [-0.1, -0.05) is 350 Å². The molecule has 0 heterocycles. The van der Waals surface area contributed by atoms with Crippen molar-refractivity contribution in [2.75, 3.05) is 39.6 Å².